The van der Waals surface area contributed by atoms with Crippen LogP contribution >= 0.6 is 0 Å². The van der Waals surface area contributed by atoms with Crippen molar-refractivity contribution in [3.8, 4) is 22.6 Å². The number of imidazole rings is 1. The number of pyridine rings is 1. The molecule has 3 aromatic carbocycles. The lowest BCUT2D eigenvalue weighted by Crippen LogP contribution is -2.34. The first-order valence-corrected chi connectivity index (χ1v) is 13.4. The normalized spacial score (nSPS) is 11.3. The molecule has 0 saturated carbocycles. The van der Waals surface area contributed by atoms with Crippen LogP contribution < -0.4 is 21.1 Å². The van der Waals surface area contributed by atoms with Gasteiger partial charge in [-0.15, -0.1) is 0 Å². The third-order valence-electron chi connectivity index (χ3n) is 6.21. The summed E-state index contributed by atoms with van der Waals surface area (Å²) in [6.45, 7) is 6.64. The Labute approximate surface area is 238 Å². The molecule has 0 fully saturated rings. The highest BCUT2D eigenvalue weighted by molar-refractivity contribution is 5.84. The number of carbonyl (C=O) groups is 1. The highest BCUT2D eigenvalue weighted by Crippen LogP contribution is 2.27. The lowest BCUT2D eigenvalue weighted by atomic mass is 10.1. The van der Waals surface area contributed by atoms with Crippen LogP contribution in [0.5, 0.6) is 5.75 Å². The van der Waals surface area contributed by atoms with E-state index in [1.165, 1.54) is 5.56 Å². The summed E-state index contributed by atoms with van der Waals surface area (Å²) in [4.78, 5) is 32.2. The third-order valence-corrected chi connectivity index (χ3v) is 6.21. The molecule has 0 saturated heterocycles. The van der Waals surface area contributed by atoms with Crippen LogP contribution in [0.1, 0.15) is 26.3 Å². The number of ether oxygens (including phenoxy) is 2. The Morgan fingerprint density at radius 2 is 1.78 bits per heavy atom. The van der Waals surface area contributed by atoms with Crippen molar-refractivity contribution in [1.82, 2.24) is 19.9 Å². The number of nitrogens with one attached hydrogen (secondary N) is 3. The summed E-state index contributed by atoms with van der Waals surface area (Å²) >= 11 is 0. The molecule has 0 spiro atoms. The number of aromatic amines is 1. The molecule has 2 heterocycles. The van der Waals surface area contributed by atoms with Gasteiger partial charge in [0.05, 0.1) is 29.0 Å². The van der Waals surface area contributed by atoms with Crippen molar-refractivity contribution in [1.29, 1.82) is 0 Å². The first-order chi connectivity index (χ1) is 19.7. The fourth-order valence-electron chi connectivity index (χ4n) is 4.38. The topological polar surface area (TPSA) is 110 Å². The Morgan fingerprint density at radius 3 is 2.59 bits per heavy atom. The van der Waals surface area contributed by atoms with Gasteiger partial charge in [-0.05, 0) is 62.2 Å². The van der Waals surface area contributed by atoms with E-state index in [-0.39, 0.29) is 18.8 Å². The van der Waals surface area contributed by atoms with E-state index in [0.717, 1.165) is 27.8 Å². The van der Waals surface area contributed by atoms with Gasteiger partial charge in [0.15, 0.2) is 0 Å². The molecular formula is C32H33N5O4. The average molecular weight is 552 g/mol. The van der Waals surface area contributed by atoms with Gasteiger partial charge in [0.1, 0.15) is 18.0 Å². The Kier molecular flexibility index (Phi) is 8.05. The summed E-state index contributed by atoms with van der Waals surface area (Å²) in [5.74, 6) is 0.576. The number of anilines is 1. The molecule has 0 radical (unpaired) electrons. The molecule has 5 aromatic rings. The molecule has 3 N–H and O–H groups in total. The molecule has 9 heteroatoms. The molecule has 0 aliphatic carbocycles. The van der Waals surface area contributed by atoms with Crippen molar-refractivity contribution >= 4 is 22.8 Å². The number of nitrogens with zero attached hydrogens (tertiary/aromatic N) is 2. The van der Waals surface area contributed by atoms with E-state index in [4.69, 9.17) is 9.47 Å². The van der Waals surface area contributed by atoms with Crippen LogP contribution in [0.15, 0.2) is 96.1 Å². The fourth-order valence-corrected chi connectivity index (χ4v) is 4.38. The van der Waals surface area contributed by atoms with Gasteiger partial charge in [-0.3, -0.25) is 9.55 Å². The molecule has 0 unspecified atom stereocenters. The molecule has 41 heavy (non-hydrogen) atoms. The van der Waals surface area contributed by atoms with Crippen LogP contribution in [0.3, 0.4) is 0 Å². The largest absolute Gasteiger partial charge is 0.492 e. The van der Waals surface area contributed by atoms with E-state index in [1.54, 1.807) is 16.8 Å². The van der Waals surface area contributed by atoms with E-state index in [9.17, 15) is 9.59 Å². The van der Waals surface area contributed by atoms with Crippen molar-refractivity contribution in [2.75, 3.05) is 18.5 Å². The number of hydrogen-bond acceptors (Lipinski definition) is 6. The van der Waals surface area contributed by atoms with E-state index >= 15 is 0 Å². The maximum atomic E-state index is 13.0. The molecule has 1 amide bonds. The molecule has 0 aliphatic heterocycles. The minimum Gasteiger partial charge on any atom is -0.492 e. The van der Waals surface area contributed by atoms with Gasteiger partial charge in [0.2, 0.25) is 0 Å². The average Bonchev–Trinajstić information content (AvgIpc) is 3.29. The van der Waals surface area contributed by atoms with E-state index in [0.29, 0.717) is 18.0 Å². The molecule has 5 rings (SSSR count). The Morgan fingerprint density at radius 1 is 0.951 bits per heavy atom. The zero-order valence-corrected chi connectivity index (χ0v) is 23.3. The number of aromatic nitrogens is 3. The third kappa shape index (κ3) is 7.13. The highest BCUT2D eigenvalue weighted by atomic mass is 16.6. The Balaban J connectivity index is 1.32. The second-order valence-electron chi connectivity index (χ2n) is 10.6. The second-order valence-corrected chi connectivity index (χ2v) is 10.6. The monoisotopic (exact) mass is 551 g/mol. The van der Waals surface area contributed by atoms with Gasteiger partial charge in [0, 0.05) is 30.6 Å². The molecule has 2 aromatic heterocycles. The minimum atomic E-state index is -0.565. The van der Waals surface area contributed by atoms with E-state index in [1.807, 2.05) is 87.6 Å². The van der Waals surface area contributed by atoms with Crippen LogP contribution in [0, 0.1) is 0 Å². The Bertz CT molecular complexity index is 1700. The fraction of sp³-hybridized carbons (Fsp3) is 0.219. The quantitative estimate of drug-likeness (QED) is 0.197. The van der Waals surface area contributed by atoms with Crippen LogP contribution in [0.2, 0.25) is 0 Å². The Hall–Kier alpha value is -5.05. The standard InChI is InChI=1S/C32H33N5O4/c1-32(2,3)41-31(39)34-14-15-40-27-11-7-10-26(18-27)37-29-17-23(12-13-28(29)36-30(37)38)24-16-25(21-33-20-24)35-19-22-8-5-4-6-9-22/h4-13,16-18,20-21,35H,14-15,19H2,1-3H3,(H,34,39)(H,36,38). The smallest absolute Gasteiger partial charge is 0.407 e. The van der Waals surface area contributed by atoms with Crippen molar-refractivity contribution in [2.24, 2.45) is 0 Å². The summed E-state index contributed by atoms with van der Waals surface area (Å²) in [5, 5.41) is 6.10. The minimum absolute atomic E-state index is 0.247. The van der Waals surface area contributed by atoms with Crippen LogP contribution in [0.25, 0.3) is 27.8 Å². The molecular weight excluding hydrogens is 518 g/mol. The van der Waals surface area contributed by atoms with Crippen molar-refractivity contribution in [3.63, 3.8) is 0 Å². The number of amides is 1. The predicted molar refractivity (Wildman–Crippen MR) is 161 cm³/mol. The summed E-state index contributed by atoms with van der Waals surface area (Å²) in [6, 6.07) is 25.4. The van der Waals surface area contributed by atoms with Gasteiger partial charge in [0.25, 0.3) is 0 Å². The van der Waals surface area contributed by atoms with Gasteiger partial charge in [-0.1, -0.05) is 42.5 Å². The van der Waals surface area contributed by atoms with E-state index < -0.39 is 11.7 Å². The summed E-state index contributed by atoms with van der Waals surface area (Å²) in [5.41, 5.74) is 5.25. The lowest BCUT2D eigenvalue weighted by molar-refractivity contribution is 0.0520. The number of hydrogen-bond donors (Lipinski definition) is 3. The van der Waals surface area contributed by atoms with Crippen molar-refractivity contribution in [3.05, 3.63) is 107 Å². The number of H-pyrrole nitrogens is 1. The summed E-state index contributed by atoms with van der Waals surface area (Å²) in [7, 11) is 0. The number of fused-ring (bicyclic) bond motifs is 1. The number of rotatable bonds is 9. The van der Waals surface area contributed by atoms with Crippen LogP contribution in [0.4, 0.5) is 10.5 Å². The molecule has 0 bridgehead atoms. The molecule has 0 aliphatic rings. The zero-order chi connectivity index (χ0) is 28.8. The first-order valence-electron chi connectivity index (χ1n) is 13.4. The number of alkyl carbamates (subject to hydrolysis) is 1. The summed E-state index contributed by atoms with van der Waals surface area (Å²) < 4.78 is 12.7. The molecule has 210 valence electrons. The van der Waals surface area contributed by atoms with Crippen molar-refractivity contribution < 1.29 is 14.3 Å². The first kappa shape index (κ1) is 27.5. The van der Waals surface area contributed by atoms with Crippen LogP contribution in [-0.4, -0.2) is 39.4 Å². The number of benzene rings is 3. The zero-order valence-electron chi connectivity index (χ0n) is 23.3. The highest BCUT2D eigenvalue weighted by Gasteiger charge is 2.16. The summed E-state index contributed by atoms with van der Waals surface area (Å²) in [6.07, 6.45) is 3.11. The van der Waals surface area contributed by atoms with Crippen molar-refractivity contribution in [2.45, 2.75) is 32.9 Å². The second kappa shape index (κ2) is 12.0. The maximum Gasteiger partial charge on any atom is 0.407 e. The molecule has 9 nitrogen and oxygen atoms in total. The van der Waals surface area contributed by atoms with E-state index in [2.05, 4.69) is 32.7 Å². The van der Waals surface area contributed by atoms with Crippen LogP contribution in [-0.2, 0) is 11.3 Å². The number of carbonyl (C=O) groups excluding carboxylic acids is 1. The van der Waals surface area contributed by atoms with Gasteiger partial charge in [-0.2, -0.15) is 0 Å². The van der Waals surface area contributed by atoms with Gasteiger partial charge >= 0.3 is 11.8 Å². The van der Waals surface area contributed by atoms with Gasteiger partial charge < -0.3 is 25.1 Å². The maximum absolute atomic E-state index is 13.0. The predicted octanol–water partition coefficient (Wildman–Crippen LogP) is 5.90. The lowest BCUT2D eigenvalue weighted by Gasteiger charge is -2.19. The molecule has 0 atom stereocenters. The SMILES string of the molecule is CC(C)(C)OC(=O)NCCOc1cccc(-n2c(=O)[nH]c3ccc(-c4cncc(NCc5ccccc5)c4)cc32)c1. The van der Waals surface area contributed by atoms with Gasteiger partial charge in [-0.25, -0.2) is 9.59 Å².